The van der Waals surface area contributed by atoms with Crippen molar-refractivity contribution < 1.29 is 4.79 Å². The highest BCUT2D eigenvalue weighted by atomic mass is 16.1. The van der Waals surface area contributed by atoms with Crippen molar-refractivity contribution >= 4 is 5.78 Å². The normalized spacial score (nSPS) is 10.6. The standard InChI is InChI=1S/C15H18N2O/c1-3-15-14(9-12(2)18)11-17(16-15)10-13-7-5-4-6-8-13/h4-8,11H,3,9-10H2,1-2H3. The van der Waals surface area contributed by atoms with Crippen LogP contribution in [0.25, 0.3) is 0 Å². The molecule has 0 fully saturated rings. The number of benzene rings is 1. The summed E-state index contributed by atoms with van der Waals surface area (Å²) >= 11 is 0. The van der Waals surface area contributed by atoms with E-state index < -0.39 is 0 Å². The van der Waals surface area contributed by atoms with E-state index in [2.05, 4.69) is 24.2 Å². The van der Waals surface area contributed by atoms with Crippen LogP contribution >= 0.6 is 0 Å². The Labute approximate surface area is 107 Å². The molecule has 1 heterocycles. The van der Waals surface area contributed by atoms with Crippen LogP contribution in [0.1, 0.15) is 30.7 Å². The monoisotopic (exact) mass is 242 g/mol. The number of carbonyl (C=O) groups is 1. The zero-order valence-corrected chi connectivity index (χ0v) is 10.9. The van der Waals surface area contributed by atoms with Gasteiger partial charge in [0.15, 0.2) is 0 Å². The van der Waals surface area contributed by atoms with Gasteiger partial charge in [0.25, 0.3) is 0 Å². The van der Waals surface area contributed by atoms with Gasteiger partial charge in [0.05, 0.1) is 12.2 Å². The first-order chi connectivity index (χ1) is 8.69. The predicted octanol–water partition coefficient (Wildman–Crippen LogP) is 2.63. The molecular formula is C15H18N2O. The first kappa shape index (κ1) is 12.6. The summed E-state index contributed by atoms with van der Waals surface area (Å²) in [5.41, 5.74) is 3.30. The maximum absolute atomic E-state index is 11.2. The minimum atomic E-state index is 0.184. The summed E-state index contributed by atoms with van der Waals surface area (Å²) in [7, 11) is 0. The molecule has 1 aromatic heterocycles. The van der Waals surface area contributed by atoms with Gasteiger partial charge < -0.3 is 0 Å². The molecule has 3 nitrogen and oxygen atoms in total. The molecule has 18 heavy (non-hydrogen) atoms. The topological polar surface area (TPSA) is 34.9 Å². The molecule has 3 heteroatoms. The molecule has 0 aliphatic rings. The van der Waals surface area contributed by atoms with Crippen molar-refractivity contribution in [3.05, 3.63) is 53.3 Å². The van der Waals surface area contributed by atoms with Gasteiger partial charge in [-0.1, -0.05) is 37.3 Å². The van der Waals surface area contributed by atoms with Crippen LogP contribution in [-0.4, -0.2) is 15.6 Å². The molecule has 0 bridgehead atoms. The molecule has 0 aliphatic carbocycles. The van der Waals surface area contributed by atoms with Gasteiger partial charge in [-0.25, -0.2) is 0 Å². The van der Waals surface area contributed by atoms with E-state index in [1.165, 1.54) is 5.56 Å². The lowest BCUT2D eigenvalue weighted by atomic mass is 10.1. The van der Waals surface area contributed by atoms with Crippen LogP contribution < -0.4 is 0 Å². The minimum Gasteiger partial charge on any atom is -0.300 e. The Hall–Kier alpha value is -1.90. The summed E-state index contributed by atoms with van der Waals surface area (Å²) in [4.78, 5) is 11.2. The van der Waals surface area contributed by atoms with Gasteiger partial charge >= 0.3 is 0 Å². The summed E-state index contributed by atoms with van der Waals surface area (Å²) in [6.07, 6.45) is 3.34. The van der Waals surface area contributed by atoms with Crippen LogP contribution in [0.5, 0.6) is 0 Å². The lowest BCUT2D eigenvalue weighted by Crippen LogP contribution is -2.00. The third kappa shape index (κ3) is 3.06. The summed E-state index contributed by atoms with van der Waals surface area (Å²) < 4.78 is 1.92. The SMILES string of the molecule is CCc1nn(Cc2ccccc2)cc1CC(C)=O. The lowest BCUT2D eigenvalue weighted by Gasteiger charge is -2.00. The third-order valence-corrected chi connectivity index (χ3v) is 2.89. The summed E-state index contributed by atoms with van der Waals surface area (Å²) in [5, 5.41) is 4.54. The van der Waals surface area contributed by atoms with Crippen LogP contribution in [0.2, 0.25) is 0 Å². The number of nitrogens with zero attached hydrogens (tertiary/aromatic N) is 2. The average molecular weight is 242 g/mol. The zero-order valence-electron chi connectivity index (χ0n) is 10.9. The van der Waals surface area contributed by atoms with Crippen molar-refractivity contribution in [1.29, 1.82) is 0 Å². The third-order valence-electron chi connectivity index (χ3n) is 2.89. The van der Waals surface area contributed by atoms with E-state index in [0.29, 0.717) is 6.42 Å². The number of ketones is 1. The van der Waals surface area contributed by atoms with Gasteiger partial charge in [-0.3, -0.25) is 9.48 Å². The molecule has 0 saturated heterocycles. The minimum absolute atomic E-state index is 0.184. The molecule has 0 N–H and O–H groups in total. The number of rotatable bonds is 5. The fourth-order valence-corrected chi connectivity index (χ4v) is 2.07. The van der Waals surface area contributed by atoms with E-state index in [1.54, 1.807) is 6.92 Å². The van der Waals surface area contributed by atoms with Crippen molar-refractivity contribution in [1.82, 2.24) is 9.78 Å². The zero-order chi connectivity index (χ0) is 13.0. The van der Waals surface area contributed by atoms with Gasteiger partial charge in [-0.2, -0.15) is 5.10 Å². The fourth-order valence-electron chi connectivity index (χ4n) is 2.07. The molecular weight excluding hydrogens is 224 g/mol. The maximum Gasteiger partial charge on any atom is 0.134 e. The van der Waals surface area contributed by atoms with E-state index in [-0.39, 0.29) is 5.78 Å². The Morgan fingerprint density at radius 1 is 1.28 bits per heavy atom. The summed E-state index contributed by atoms with van der Waals surface area (Å²) in [6, 6.07) is 10.2. The number of hydrogen-bond donors (Lipinski definition) is 0. The van der Waals surface area contributed by atoms with Gasteiger partial charge in [0.1, 0.15) is 5.78 Å². The maximum atomic E-state index is 11.2. The molecule has 0 spiro atoms. The molecule has 2 rings (SSSR count). The van der Waals surface area contributed by atoms with E-state index in [4.69, 9.17) is 0 Å². The van der Waals surface area contributed by atoms with Crippen molar-refractivity contribution in [3.63, 3.8) is 0 Å². The highest BCUT2D eigenvalue weighted by Gasteiger charge is 2.09. The molecule has 0 amide bonds. The Balaban J connectivity index is 2.19. The Kier molecular flexibility index (Phi) is 3.92. The van der Waals surface area contributed by atoms with Crippen LogP contribution in [0, 0.1) is 0 Å². The van der Waals surface area contributed by atoms with Crippen LogP contribution in [0.4, 0.5) is 0 Å². The number of aromatic nitrogens is 2. The lowest BCUT2D eigenvalue weighted by molar-refractivity contribution is -0.116. The van der Waals surface area contributed by atoms with E-state index in [1.807, 2.05) is 29.1 Å². The van der Waals surface area contributed by atoms with E-state index >= 15 is 0 Å². The molecule has 0 aliphatic heterocycles. The van der Waals surface area contributed by atoms with Gasteiger partial charge in [0, 0.05) is 18.2 Å². The van der Waals surface area contributed by atoms with Crippen LogP contribution in [0.3, 0.4) is 0 Å². The molecule has 0 atom stereocenters. The van der Waals surface area contributed by atoms with E-state index in [9.17, 15) is 4.79 Å². The largest absolute Gasteiger partial charge is 0.300 e. The average Bonchev–Trinajstić information content (AvgIpc) is 2.71. The number of carbonyl (C=O) groups excluding carboxylic acids is 1. The number of Topliss-reactive ketones (excluding diaryl/α,β-unsaturated/α-hetero) is 1. The summed E-state index contributed by atoms with van der Waals surface area (Å²) in [5.74, 6) is 0.184. The van der Waals surface area contributed by atoms with E-state index in [0.717, 1.165) is 24.2 Å². The van der Waals surface area contributed by atoms with Crippen molar-refractivity contribution in [2.75, 3.05) is 0 Å². The quantitative estimate of drug-likeness (QED) is 0.808. The number of aryl methyl sites for hydroxylation is 1. The molecule has 1 aromatic carbocycles. The molecule has 0 unspecified atom stereocenters. The first-order valence-electron chi connectivity index (χ1n) is 6.27. The first-order valence-corrected chi connectivity index (χ1v) is 6.27. The van der Waals surface area contributed by atoms with Crippen molar-refractivity contribution in [2.45, 2.75) is 33.2 Å². The number of hydrogen-bond acceptors (Lipinski definition) is 2. The summed E-state index contributed by atoms with van der Waals surface area (Å²) in [6.45, 7) is 4.44. The molecule has 0 saturated carbocycles. The van der Waals surface area contributed by atoms with Gasteiger partial charge in [-0.05, 0) is 18.9 Å². The second kappa shape index (κ2) is 5.63. The smallest absolute Gasteiger partial charge is 0.134 e. The van der Waals surface area contributed by atoms with Gasteiger partial charge in [-0.15, -0.1) is 0 Å². The highest BCUT2D eigenvalue weighted by Crippen LogP contribution is 2.11. The molecule has 94 valence electrons. The fraction of sp³-hybridized carbons (Fsp3) is 0.333. The van der Waals surface area contributed by atoms with Crippen LogP contribution in [-0.2, 0) is 24.2 Å². The van der Waals surface area contributed by atoms with Crippen molar-refractivity contribution in [3.8, 4) is 0 Å². The van der Waals surface area contributed by atoms with Crippen molar-refractivity contribution in [2.24, 2.45) is 0 Å². The highest BCUT2D eigenvalue weighted by molar-refractivity contribution is 5.78. The Bertz CT molecular complexity index is 529. The van der Waals surface area contributed by atoms with Gasteiger partial charge in [0.2, 0.25) is 0 Å². The second-order valence-corrected chi connectivity index (χ2v) is 4.52. The Morgan fingerprint density at radius 3 is 2.61 bits per heavy atom. The second-order valence-electron chi connectivity index (χ2n) is 4.52. The van der Waals surface area contributed by atoms with Crippen LogP contribution in [0.15, 0.2) is 36.5 Å². The Morgan fingerprint density at radius 2 is 2.00 bits per heavy atom. The molecule has 2 aromatic rings. The molecule has 0 radical (unpaired) electrons. The predicted molar refractivity (Wildman–Crippen MR) is 71.5 cm³/mol.